The second-order valence-electron chi connectivity index (χ2n) is 8.56. The first-order chi connectivity index (χ1) is 15.2. The Hall–Kier alpha value is -4.07. The number of carbonyl (C=O) groups is 2. The number of nitrogens with one attached hydrogen (secondary N) is 2. The van der Waals surface area contributed by atoms with Crippen LogP contribution in [-0.4, -0.2) is 31.8 Å². The number of aromatic amines is 1. The molecule has 4 rings (SSSR count). The maximum absolute atomic E-state index is 12.6. The Morgan fingerprint density at radius 3 is 2.56 bits per heavy atom. The molecule has 2 amide bonds. The minimum atomic E-state index is -0.580. The number of nitrogens with zero attached hydrogens (tertiary/aromatic N) is 3. The number of pyridine rings is 1. The van der Waals surface area contributed by atoms with Crippen molar-refractivity contribution in [3.05, 3.63) is 77.5 Å². The van der Waals surface area contributed by atoms with E-state index in [1.54, 1.807) is 30.6 Å². The molecular formula is C24H24N6O2. The first kappa shape index (κ1) is 21.2. The molecule has 8 heteroatoms. The summed E-state index contributed by atoms with van der Waals surface area (Å²) in [5.41, 5.74) is 10.0. The lowest BCUT2D eigenvalue weighted by Crippen LogP contribution is -2.26. The van der Waals surface area contributed by atoms with Gasteiger partial charge in [-0.3, -0.25) is 14.6 Å². The number of hydrogen-bond donors (Lipinski definition) is 3. The SMILES string of the molecule is CC(C)(C)c1ccc(C(=O)NCc2ccc(-c3ncnc4[nH]ccc34)cc2C(N)=O)nc1. The van der Waals surface area contributed by atoms with E-state index in [-0.39, 0.29) is 17.9 Å². The highest BCUT2D eigenvalue weighted by atomic mass is 16.2. The molecule has 0 atom stereocenters. The minimum absolute atomic E-state index is 0.0458. The van der Waals surface area contributed by atoms with Crippen LogP contribution in [0.25, 0.3) is 22.3 Å². The lowest BCUT2D eigenvalue weighted by Gasteiger charge is -2.18. The van der Waals surface area contributed by atoms with Crippen LogP contribution in [-0.2, 0) is 12.0 Å². The number of carbonyl (C=O) groups excluding carboxylic acids is 2. The standard InChI is InChI=1S/C24H24N6O2/c1-24(2,3)16-6-7-19(27-12-16)23(32)28-11-15-5-4-14(10-18(15)21(25)31)20-17-8-9-26-22(17)30-13-29-20/h4-10,12-13H,11H2,1-3H3,(H2,25,31)(H,28,32)(H,26,29,30). The second kappa shape index (κ2) is 8.22. The van der Waals surface area contributed by atoms with Gasteiger partial charge in [-0.25, -0.2) is 9.97 Å². The summed E-state index contributed by atoms with van der Waals surface area (Å²) in [6.45, 7) is 6.40. The van der Waals surface area contributed by atoms with E-state index >= 15 is 0 Å². The molecule has 0 fully saturated rings. The normalized spacial score (nSPS) is 11.5. The minimum Gasteiger partial charge on any atom is -0.366 e. The molecule has 0 saturated carbocycles. The molecule has 0 radical (unpaired) electrons. The summed E-state index contributed by atoms with van der Waals surface area (Å²) in [6, 6.07) is 10.8. The predicted octanol–water partition coefficient (Wildman–Crippen LogP) is 3.35. The molecule has 3 aromatic heterocycles. The molecule has 8 nitrogen and oxygen atoms in total. The van der Waals surface area contributed by atoms with Gasteiger partial charge >= 0.3 is 0 Å². The van der Waals surface area contributed by atoms with E-state index in [0.717, 1.165) is 16.5 Å². The molecule has 4 N–H and O–H groups in total. The van der Waals surface area contributed by atoms with E-state index in [0.29, 0.717) is 28.2 Å². The zero-order valence-corrected chi connectivity index (χ0v) is 18.1. The van der Waals surface area contributed by atoms with Gasteiger partial charge in [0.25, 0.3) is 5.91 Å². The molecule has 0 aliphatic heterocycles. The van der Waals surface area contributed by atoms with Crippen molar-refractivity contribution in [3.63, 3.8) is 0 Å². The number of benzene rings is 1. The number of H-pyrrole nitrogens is 1. The van der Waals surface area contributed by atoms with Gasteiger partial charge < -0.3 is 16.0 Å². The van der Waals surface area contributed by atoms with Crippen LogP contribution in [0.1, 0.15) is 52.7 Å². The number of hydrogen-bond acceptors (Lipinski definition) is 5. The smallest absolute Gasteiger partial charge is 0.270 e. The fourth-order valence-electron chi connectivity index (χ4n) is 3.45. The first-order valence-corrected chi connectivity index (χ1v) is 10.2. The van der Waals surface area contributed by atoms with Crippen molar-refractivity contribution in [2.45, 2.75) is 32.7 Å². The Labute approximate surface area is 185 Å². The molecule has 0 unspecified atom stereocenters. The Morgan fingerprint density at radius 1 is 1.06 bits per heavy atom. The van der Waals surface area contributed by atoms with Crippen LogP contribution in [0.2, 0.25) is 0 Å². The topological polar surface area (TPSA) is 127 Å². The molecule has 1 aromatic carbocycles. The van der Waals surface area contributed by atoms with E-state index < -0.39 is 5.91 Å². The van der Waals surface area contributed by atoms with Crippen LogP contribution in [0.4, 0.5) is 0 Å². The van der Waals surface area contributed by atoms with E-state index in [9.17, 15) is 9.59 Å². The number of fused-ring (bicyclic) bond motifs is 1. The summed E-state index contributed by atoms with van der Waals surface area (Å²) in [5, 5.41) is 3.66. The molecule has 0 bridgehead atoms. The zero-order chi connectivity index (χ0) is 22.9. The average molecular weight is 428 g/mol. The predicted molar refractivity (Wildman–Crippen MR) is 122 cm³/mol. The number of aromatic nitrogens is 4. The second-order valence-corrected chi connectivity index (χ2v) is 8.56. The highest BCUT2D eigenvalue weighted by molar-refractivity contribution is 5.98. The molecular weight excluding hydrogens is 404 g/mol. The van der Waals surface area contributed by atoms with Crippen molar-refractivity contribution in [1.82, 2.24) is 25.3 Å². The third-order valence-corrected chi connectivity index (χ3v) is 5.30. The number of primary amides is 1. The Bertz CT molecular complexity index is 1300. The van der Waals surface area contributed by atoms with Gasteiger partial charge in [0.2, 0.25) is 5.91 Å². The largest absolute Gasteiger partial charge is 0.366 e. The average Bonchev–Trinajstić information content (AvgIpc) is 3.26. The lowest BCUT2D eigenvalue weighted by atomic mass is 9.88. The molecule has 162 valence electrons. The van der Waals surface area contributed by atoms with Crippen molar-refractivity contribution in [2.75, 3.05) is 0 Å². The van der Waals surface area contributed by atoms with Gasteiger partial charge in [0, 0.05) is 35.5 Å². The highest BCUT2D eigenvalue weighted by Gasteiger charge is 2.17. The number of nitrogens with two attached hydrogens (primary N) is 1. The third-order valence-electron chi connectivity index (χ3n) is 5.30. The molecule has 3 heterocycles. The quantitative estimate of drug-likeness (QED) is 0.449. The maximum Gasteiger partial charge on any atom is 0.270 e. The Kier molecular flexibility index (Phi) is 5.44. The van der Waals surface area contributed by atoms with Crippen LogP contribution in [0.5, 0.6) is 0 Å². The fourth-order valence-corrected chi connectivity index (χ4v) is 3.45. The number of rotatable bonds is 5. The summed E-state index contributed by atoms with van der Waals surface area (Å²) < 4.78 is 0. The molecule has 0 saturated heterocycles. The summed E-state index contributed by atoms with van der Waals surface area (Å²) in [7, 11) is 0. The van der Waals surface area contributed by atoms with E-state index in [4.69, 9.17) is 5.73 Å². The van der Waals surface area contributed by atoms with Crippen molar-refractivity contribution < 1.29 is 9.59 Å². The Balaban J connectivity index is 1.56. The van der Waals surface area contributed by atoms with Crippen molar-refractivity contribution in [2.24, 2.45) is 5.73 Å². The molecule has 0 aliphatic rings. The summed E-state index contributed by atoms with van der Waals surface area (Å²) in [4.78, 5) is 40.5. The van der Waals surface area contributed by atoms with Gasteiger partial charge in [0.1, 0.15) is 17.7 Å². The van der Waals surface area contributed by atoms with Crippen molar-refractivity contribution >= 4 is 22.8 Å². The van der Waals surface area contributed by atoms with E-state index in [1.165, 1.54) is 6.33 Å². The fraction of sp³-hybridized carbons (Fsp3) is 0.208. The Morgan fingerprint density at radius 2 is 1.88 bits per heavy atom. The third kappa shape index (κ3) is 4.20. The van der Waals surface area contributed by atoms with Gasteiger partial charge in [-0.15, -0.1) is 0 Å². The van der Waals surface area contributed by atoms with Gasteiger partial charge in [-0.05, 0) is 34.7 Å². The van der Waals surface area contributed by atoms with Crippen LogP contribution in [0, 0.1) is 0 Å². The summed E-state index contributed by atoms with van der Waals surface area (Å²) in [5.74, 6) is -0.905. The molecule has 32 heavy (non-hydrogen) atoms. The molecule has 4 aromatic rings. The summed E-state index contributed by atoms with van der Waals surface area (Å²) in [6.07, 6.45) is 4.95. The number of amides is 2. The van der Waals surface area contributed by atoms with Crippen molar-refractivity contribution in [1.29, 1.82) is 0 Å². The van der Waals surface area contributed by atoms with Crippen molar-refractivity contribution in [3.8, 4) is 11.3 Å². The van der Waals surface area contributed by atoms with E-state index in [2.05, 4.69) is 46.0 Å². The van der Waals surface area contributed by atoms with E-state index in [1.807, 2.05) is 18.2 Å². The van der Waals surface area contributed by atoms with Gasteiger partial charge in [0.15, 0.2) is 0 Å². The lowest BCUT2D eigenvalue weighted by molar-refractivity contribution is 0.0941. The zero-order valence-electron chi connectivity index (χ0n) is 18.1. The monoisotopic (exact) mass is 428 g/mol. The molecule has 0 spiro atoms. The van der Waals surface area contributed by atoms with Crippen LogP contribution >= 0.6 is 0 Å². The maximum atomic E-state index is 12.6. The van der Waals surface area contributed by atoms with Crippen LogP contribution < -0.4 is 11.1 Å². The van der Waals surface area contributed by atoms with Gasteiger partial charge in [-0.2, -0.15) is 0 Å². The van der Waals surface area contributed by atoms with Gasteiger partial charge in [-0.1, -0.05) is 39.0 Å². The van der Waals surface area contributed by atoms with Gasteiger partial charge in [0.05, 0.1) is 5.69 Å². The summed E-state index contributed by atoms with van der Waals surface area (Å²) >= 11 is 0. The molecule has 0 aliphatic carbocycles. The van der Waals surface area contributed by atoms with Crippen LogP contribution in [0.3, 0.4) is 0 Å². The van der Waals surface area contributed by atoms with Crippen LogP contribution in [0.15, 0.2) is 55.1 Å². The first-order valence-electron chi connectivity index (χ1n) is 10.2. The highest BCUT2D eigenvalue weighted by Crippen LogP contribution is 2.27.